The molecular weight excluding hydrogens is 224 g/mol. The molecule has 1 fully saturated rings. The summed E-state index contributed by atoms with van der Waals surface area (Å²) < 4.78 is 1.93. The fourth-order valence-corrected chi connectivity index (χ4v) is 2.68. The van der Waals surface area contributed by atoms with E-state index in [1.807, 2.05) is 16.9 Å². The number of hydrogen-bond donors (Lipinski definition) is 0. The predicted octanol–water partition coefficient (Wildman–Crippen LogP) is 3.55. The van der Waals surface area contributed by atoms with Crippen LogP contribution in [0.4, 0.5) is 0 Å². The number of aromatic nitrogens is 2. The molecule has 0 amide bonds. The molecule has 0 unspecified atom stereocenters. The molecule has 1 aliphatic rings. The lowest BCUT2D eigenvalue weighted by Gasteiger charge is -2.11. The normalized spacial score (nSPS) is 17.9. The Kier molecular flexibility index (Phi) is 4.56. The minimum Gasteiger partial charge on any atom is -0.299 e. The fraction of sp³-hybridized carbons (Fsp3) is 0.733. The van der Waals surface area contributed by atoms with Crippen LogP contribution in [0.1, 0.15) is 64.1 Å². The molecule has 1 aliphatic carbocycles. The molecule has 0 atom stereocenters. The predicted molar refractivity (Wildman–Crippen MR) is 72.5 cm³/mol. The first kappa shape index (κ1) is 13.3. The Hall–Kier alpha value is -1.12. The lowest BCUT2D eigenvalue weighted by Crippen LogP contribution is -2.16. The van der Waals surface area contributed by atoms with Crippen molar-refractivity contribution in [1.82, 2.24) is 9.78 Å². The summed E-state index contributed by atoms with van der Waals surface area (Å²) in [6.07, 6.45) is 9.70. The van der Waals surface area contributed by atoms with Crippen molar-refractivity contribution >= 4 is 5.78 Å². The van der Waals surface area contributed by atoms with Crippen LogP contribution in [-0.4, -0.2) is 15.6 Å². The summed E-state index contributed by atoms with van der Waals surface area (Å²) in [6.45, 7) is 4.20. The molecule has 3 nitrogen and oxygen atoms in total. The summed E-state index contributed by atoms with van der Waals surface area (Å²) in [5.74, 6) is 0.683. The van der Waals surface area contributed by atoms with E-state index < -0.39 is 0 Å². The Morgan fingerprint density at radius 1 is 1.33 bits per heavy atom. The fourth-order valence-electron chi connectivity index (χ4n) is 2.68. The van der Waals surface area contributed by atoms with Gasteiger partial charge in [0.05, 0.1) is 12.1 Å². The number of rotatable bonds is 4. The van der Waals surface area contributed by atoms with Gasteiger partial charge in [-0.25, -0.2) is 0 Å². The summed E-state index contributed by atoms with van der Waals surface area (Å²) in [5.41, 5.74) is 0.929. The van der Waals surface area contributed by atoms with Gasteiger partial charge >= 0.3 is 0 Å². The van der Waals surface area contributed by atoms with Gasteiger partial charge in [-0.1, -0.05) is 25.7 Å². The third-order valence-electron chi connectivity index (χ3n) is 3.86. The van der Waals surface area contributed by atoms with Crippen molar-refractivity contribution in [3.05, 3.63) is 18.0 Å². The smallest absolute Gasteiger partial charge is 0.141 e. The molecule has 0 saturated heterocycles. The van der Waals surface area contributed by atoms with E-state index >= 15 is 0 Å². The molecular formula is C15H24N2O. The summed E-state index contributed by atoms with van der Waals surface area (Å²) >= 11 is 0. The maximum absolute atomic E-state index is 12.3. The van der Waals surface area contributed by atoms with Crippen LogP contribution in [0.2, 0.25) is 0 Å². The molecule has 0 aromatic carbocycles. The van der Waals surface area contributed by atoms with Crippen LogP contribution in [0.25, 0.3) is 0 Å². The lowest BCUT2D eigenvalue weighted by atomic mass is 9.93. The highest BCUT2D eigenvalue weighted by Crippen LogP contribution is 2.24. The molecule has 0 radical (unpaired) electrons. The van der Waals surface area contributed by atoms with Gasteiger partial charge in [0, 0.05) is 18.2 Å². The highest BCUT2D eigenvalue weighted by Gasteiger charge is 2.20. The molecule has 18 heavy (non-hydrogen) atoms. The number of nitrogens with zero attached hydrogens (tertiary/aromatic N) is 2. The van der Waals surface area contributed by atoms with E-state index in [4.69, 9.17) is 0 Å². The SMILES string of the molecule is CC(C)n1ccc(CC(=O)C2CCCCCC2)n1. The van der Waals surface area contributed by atoms with E-state index in [0.717, 1.165) is 18.5 Å². The van der Waals surface area contributed by atoms with E-state index in [2.05, 4.69) is 18.9 Å². The van der Waals surface area contributed by atoms with Crippen molar-refractivity contribution in [3.63, 3.8) is 0 Å². The van der Waals surface area contributed by atoms with Gasteiger partial charge in [0.1, 0.15) is 5.78 Å². The highest BCUT2D eigenvalue weighted by molar-refractivity contribution is 5.82. The number of Topliss-reactive ketones (excluding diaryl/α,β-unsaturated/α-hetero) is 1. The summed E-state index contributed by atoms with van der Waals surface area (Å²) in [6, 6.07) is 2.35. The van der Waals surface area contributed by atoms with Crippen LogP contribution in [-0.2, 0) is 11.2 Å². The van der Waals surface area contributed by atoms with E-state index in [1.54, 1.807) is 0 Å². The first-order valence-corrected chi connectivity index (χ1v) is 7.23. The Bertz CT molecular complexity index is 387. The summed E-state index contributed by atoms with van der Waals surface area (Å²) in [7, 11) is 0. The minimum atomic E-state index is 0.289. The highest BCUT2D eigenvalue weighted by atomic mass is 16.1. The van der Waals surface area contributed by atoms with Crippen molar-refractivity contribution in [2.75, 3.05) is 0 Å². The maximum Gasteiger partial charge on any atom is 0.141 e. The van der Waals surface area contributed by atoms with Crippen LogP contribution in [0, 0.1) is 5.92 Å². The zero-order valence-corrected chi connectivity index (χ0v) is 11.6. The molecule has 1 saturated carbocycles. The van der Waals surface area contributed by atoms with E-state index in [9.17, 15) is 4.79 Å². The minimum absolute atomic E-state index is 0.289. The monoisotopic (exact) mass is 248 g/mol. The number of hydrogen-bond acceptors (Lipinski definition) is 2. The molecule has 100 valence electrons. The molecule has 2 rings (SSSR count). The van der Waals surface area contributed by atoms with Gasteiger partial charge in [0.2, 0.25) is 0 Å². The second-order valence-electron chi connectivity index (χ2n) is 5.71. The van der Waals surface area contributed by atoms with E-state index in [0.29, 0.717) is 18.2 Å². The van der Waals surface area contributed by atoms with Gasteiger partial charge in [0.25, 0.3) is 0 Å². The molecule has 1 aromatic rings. The van der Waals surface area contributed by atoms with Crippen LogP contribution in [0.5, 0.6) is 0 Å². The van der Waals surface area contributed by atoms with Gasteiger partial charge in [0.15, 0.2) is 0 Å². The number of carbonyl (C=O) groups excluding carboxylic acids is 1. The van der Waals surface area contributed by atoms with Gasteiger partial charge < -0.3 is 0 Å². The zero-order chi connectivity index (χ0) is 13.0. The van der Waals surface area contributed by atoms with Crippen LogP contribution in [0.15, 0.2) is 12.3 Å². The standard InChI is InChI=1S/C15H24N2O/c1-12(2)17-10-9-14(16-17)11-15(18)13-7-5-3-4-6-8-13/h9-10,12-13H,3-8,11H2,1-2H3. The second kappa shape index (κ2) is 6.17. The maximum atomic E-state index is 12.3. The Morgan fingerprint density at radius 3 is 2.56 bits per heavy atom. The topological polar surface area (TPSA) is 34.9 Å². The molecule has 0 N–H and O–H groups in total. The molecule has 0 bridgehead atoms. The van der Waals surface area contributed by atoms with Gasteiger partial charge in [-0.05, 0) is 32.8 Å². The molecule has 0 spiro atoms. The second-order valence-corrected chi connectivity index (χ2v) is 5.71. The Morgan fingerprint density at radius 2 is 2.00 bits per heavy atom. The average molecular weight is 248 g/mol. The molecule has 1 aromatic heterocycles. The van der Waals surface area contributed by atoms with Crippen molar-refractivity contribution in [3.8, 4) is 0 Å². The van der Waals surface area contributed by atoms with E-state index in [1.165, 1.54) is 25.7 Å². The van der Waals surface area contributed by atoms with Crippen molar-refractivity contribution < 1.29 is 4.79 Å². The molecule has 1 heterocycles. The third kappa shape index (κ3) is 3.44. The molecule has 0 aliphatic heterocycles. The van der Waals surface area contributed by atoms with E-state index in [-0.39, 0.29) is 5.92 Å². The van der Waals surface area contributed by atoms with Crippen molar-refractivity contribution in [2.45, 2.75) is 64.8 Å². The Balaban J connectivity index is 1.92. The van der Waals surface area contributed by atoms with Crippen LogP contribution < -0.4 is 0 Å². The average Bonchev–Trinajstić information content (AvgIpc) is 2.64. The number of ketones is 1. The zero-order valence-electron chi connectivity index (χ0n) is 11.6. The lowest BCUT2D eigenvalue weighted by molar-refractivity contribution is -0.122. The van der Waals surface area contributed by atoms with Gasteiger partial charge in [-0.15, -0.1) is 0 Å². The molecule has 3 heteroatoms. The van der Waals surface area contributed by atoms with Crippen molar-refractivity contribution in [2.24, 2.45) is 5.92 Å². The van der Waals surface area contributed by atoms with Gasteiger partial charge in [-0.3, -0.25) is 9.48 Å². The number of carbonyl (C=O) groups is 1. The first-order valence-electron chi connectivity index (χ1n) is 7.23. The summed E-state index contributed by atoms with van der Waals surface area (Å²) in [5, 5.41) is 4.46. The van der Waals surface area contributed by atoms with Gasteiger partial charge in [-0.2, -0.15) is 5.10 Å². The van der Waals surface area contributed by atoms with Crippen LogP contribution in [0.3, 0.4) is 0 Å². The van der Waals surface area contributed by atoms with Crippen LogP contribution >= 0.6 is 0 Å². The largest absolute Gasteiger partial charge is 0.299 e. The summed E-state index contributed by atoms with van der Waals surface area (Å²) in [4.78, 5) is 12.3. The van der Waals surface area contributed by atoms with Crippen molar-refractivity contribution in [1.29, 1.82) is 0 Å². The quantitative estimate of drug-likeness (QED) is 0.764. The third-order valence-corrected chi connectivity index (χ3v) is 3.86. The Labute approximate surface area is 110 Å². The first-order chi connectivity index (χ1) is 8.66.